The fourth-order valence-electron chi connectivity index (χ4n) is 1.90. The highest BCUT2D eigenvalue weighted by atomic mass is 35.5. The van der Waals surface area contributed by atoms with Crippen LogP contribution in [0.4, 0.5) is 17.1 Å². The Balaban J connectivity index is 2.16. The van der Waals surface area contributed by atoms with Gasteiger partial charge in [-0.25, -0.2) is 0 Å². The Morgan fingerprint density at radius 2 is 1.96 bits per heavy atom. The number of hydrogen-bond donors (Lipinski definition) is 3. The van der Waals surface area contributed by atoms with Gasteiger partial charge < -0.3 is 16.4 Å². The van der Waals surface area contributed by atoms with E-state index in [4.69, 9.17) is 28.9 Å². The molecule has 24 heavy (non-hydrogen) atoms. The van der Waals surface area contributed by atoms with Gasteiger partial charge in [0.1, 0.15) is 11.6 Å². The second-order valence-electron chi connectivity index (χ2n) is 4.98. The van der Waals surface area contributed by atoms with Gasteiger partial charge in [-0.3, -0.25) is 4.79 Å². The number of nitrogen functional groups attached to an aromatic ring is 1. The third kappa shape index (κ3) is 4.42. The predicted molar refractivity (Wildman–Crippen MR) is 98.0 cm³/mol. The summed E-state index contributed by atoms with van der Waals surface area (Å²) in [5, 5.41) is 15.3. The van der Waals surface area contributed by atoms with Gasteiger partial charge in [-0.1, -0.05) is 29.3 Å². The topological polar surface area (TPSA) is 90.9 Å². The Kier molecular flexibility index (Phi) is 5.69. The smallest absolute Gasteiger partial charge is 0.267 e. The van der Waals surface area contributed by atoms with Crippen molar-refractivity contribution in [3.8, 4) is 6.07 Å². The van der Waals surface area contributed by atoms with Crippen LogP contribution in [0.2, 0.25) is 10.0 Å². The van der Waals surface area contributed by atoms with E-state index < -0.39 is 5.91 Å². The zero-order valence-electron chi connectivity index (χ0n) is 12.7. The number of benzene rings is 2. The fourth-order valence-corrected chi connectivity index (χ4v) is 2.23. The van der Waals surface area contributed by atoms with Gasteiger partial charge in [0.2, 0.25) is 0 Å². The number of carbonyl (C=O) groups excluding carboxylic acids is 1. The third-order valence-corrected chi connectivity index (χ3v) is 3.69. The maximum absolute atomic E-state index is 12.2. The molecule has 0 radical (unpaired) electrons. The van der Waals surface area contributed by atoms with Crippen molar-refractivity contribution in [2.75, 3.05) is 16.4 Å². The van der Waals surface area contributed by atoms with Gasteiger partial charge >= 0.3 is 0 Å². The number of nitriles is 1. The lowest BCUT2D eigenvalue weighted by atomic mass is 10.2. The number of nitrogens with zero attached hydrogens (tertiary/aromatic N) is 1. The van der Waals surface area contributed by atoms with Crippen LogP contribution in [-0.4, -0.2) is 5.91 Å². The van der Waals surface area contributed by atoms with Crippen LogP contribution in [0.15, 0.2) is 48.2 Å². The minimum absolute atomic E-state index is 0.133. The van der Waals surface area contributed by atoms with E-state index in [9.17, 15) is 10.1 Å². The summed E-state index contributed by atoms with van der Waals surface area (Å²) in [7, 11) is 0. The lowest BCUT2D eigenvalue weighted by Crippen LogP contribution is -2.15. The highest BCUT2D eigenvalue weighted by molar-refractivity contribution is 6.36. The third-order valence-electron chi connectivity index (χ3n) is 3.12. The largest absolute Gasteiger partial charge is 0.397 e. The monoisotopic (exact) mass is 360 g/mol. The number of nitrogens with two attached hydrogens (primary N) is 1. The number of amides is 1. The number of carbonyl (C=O) groups is 1. The van der Waals surface area contributed by atoms with Crippen LogP contribution in [-0.2, 0) is 4.79 Å². The van der Waals surface area contributed by atoms with Gasteiger partial charge in [0.25, 0.3) is 5.91 Å². The number of rotatable bonds is 4. The molecule has 0 atom stereocenters. The minimum Gasteiger partial charge on any atom is -0.397 e. The Morgan fingerprint density at radius 1 is 1.21 bits per heavy atom. The van der Waals surface area contributed by atoms with E-state index >= 15 is 0 Å². The van der Waals surface area contributed by atoms with Crippen molar-refractivity contribution in [3.05, 3.63) is 63.8 Å². The molecule has 0 heterocycles. The molecule has 0 saturated carbocycles. The number of aryl methyl sites for hydroxylation is 1. The van der Waals surface area contributed by atoms with Crippen molar-refractivity contribution in [3.63, 3.8) is 0 Å². The molecular weight excluding hydrogens is 347 g/mol. The van der Waals surface area contributed by atoms with E-state index in [0.717, 1.165) is 5.56 Å². The number of anilines is 3. The van der Waals surface area contributed by atoms with Gasteiger partial charge in [-0.2, -0.15) is 5.26 Å². The van der Waals surface area contributed by atoms with E-state index in [-0.39, 0.29) is 5.57 Å². The van der Waals surface area contributed by atoms with Crippen LogP contribution in [0.5, 0.6) is 0 Å². The first-order valence-corrected chi connectivity index (χ1v) is 7.65. The lowest BCUT2D eigenvalue weighted by Gasteiger charge is -2.09. The second kappa shape index (κ2) is 7.73. The summed E-state index contributed by atoms with van der Waals surface area (Å²) in [6.07, 6.45) is 1.29. The standard InChI is InChI=1S/C17H14Cl2N4O/c1-10-2-5-15(14(21)6-10)22-9-11(8-20)17(24)23-16-7-12(18)3-4-13(16)19/h2-7,9,22H,21H2,1H3,(H,23,24)/b11-9-. The summed E-state index contributed by atoms with van der Waals surface area (Å²) in [4.78, 5) is 12.2. The van der Waals surface area contributed by atoms with E-state index in [2.05, 4.69) is 10.6 Å². The molecular formula is C17H14Cl2N4O. The summed E-state index contributed by atoms with van der Waals surface area (Å²) in [5.41, 5.74) is 8.19. The minimum atomic E-state index is -0.611. The molecule has 0 fully saturated rings. The van der Waals surface area contributed by atoms with Crippen LogP contribution in [0, 0.1) is 18.3 Å². The summed E-state index contributed by atoms with van der Waals surface area (Å²) in [6.45, 7) is 1.92. The first-order valence-electron chi connectivity index (χ1n) is 6.90. The molecule has 0 aliphatic rings. The first-order chi connectivity index (χ1) is 11.4. The summed E-state index contributed by atoms with van der Waals surface area (Å²) in [5.74, 6) is -0.611. The Bertz CT molecular complexity index is 856. The Morgan fingerprint density at radius 3 is 2.62 bits per heavy atom. The zero-order chi connectivity index (χ0) is 17.7. The molecule has 2 aromatic carbocycles. The molecule has 2 rings (SSSR count). The number of nitrogens with one attached hydrogen (secondary N) is 2. The molecule has 0 aliphatic carbocycles. The quantitative estimate of drug-likeness (QED) is 0.429. The van der Waals surface area contributed by atoms with E-state index in [1.54, 1.807) is 24.3 Å². The molecule has 0 bridgehead atoms. The van der Waals surface area contributed by atoms with Crippen LogP contribution in [0.25, 0.3) is 0 Å². The summed E-state index contributed by atoms with van der Waals surface area (Å²) >= 11 is 11.9. The van der Waals surface area contributed by atoms with Crippen molar-refractivity contribution in [1.29, 1.82) is 5.26 Å². The van der Waals surface area contributed by atoms with Crippen molar-refractivity contribution < 1.29 is 4.79 Å². The molecule has 4 N–H and O–H groups in total. The lowest BCUT2D eigenvalue weighted by molar-refractivity contribution is -0.112. The molecule has 1 amide bonds. The summed E-state index contributed by atoms with van der Waals surface area (Å²) < 4.78 is 0. The molecule has 5 nitrogen and oxygen atoms in total. The Hall–Kier alpha value is -2.68. The average Bonchev–Trinajstić information content (AvgIpc) is 2.53. The van der Waals surface area contributed by atoms with E-state index in [1.165, 1.54) is 12.3 Å². The van der Waals surface area contributed by atoms with Crippen molar-refractivity contribution in [2.45, 2.75) is 6.92 Å². The van der Waals surface area contributed by atoms with Crippen molar-refractivity contribution in [1.82, 2.24) is 0 Å². The van der Waals surface area contributed by atoms with Crippen LogP contribution in [0.1, 0.15) is 5.56 Å². The number of halogens is 2. The van der Waals surface area contributed by atoms with E-state index in [1.807, 2.05) is 19.1 Å². The molecule has 7 heteroatoms. The molecule has 0 aliphatic heterocycles. The Labute approximate surface area is 149 Å². The second-order valence-corrected chi connectivity index (χ2v) is 5.83. The van der Waals surface area contributed by atoms with Crippen LogP contribution >= 0.6 is 23.2 Å². The van der Waals surface area contributed by atoms with E-state index in [0.29, 0.717) is 27.1 Å². The average molecular weight is 361 g/mol. The highest BCUT2D eigenvalue weighted by Gasteiger charge is 2.12. The molecule has 0 spiro atoms. The maximum atomic E-state index is 12.2. The van der Waals surface area contributed by atoms with Gasteiger partial charge in [0.15, 0.2) is 0 Å². The maximum Gasteiger partial charge on any atom is 0.267 e. The predicted octanol–water partition coefficient (Wildman–Crippen LogP) is 4.34. The normalized spacial score (nSPS) is 10.8. The zero-order valence-corrected chi connectivity index (χ0v) is 14.2. The highest BCUT2D eigenvalue weighted by Crippen LogP contribution is 2.26. The summed E-state index contributed by atoms with van der Waals surface area (Å²) in [6, 6.07) is 11.9. The molecule has 0 unspecified atom stereocenters. The van der Waals surface area contributed by atoms with Gasteiger partial charge in [0, 0.05) is 11.2 Å². The fraction of sp³-hybridized carbons (Fsp3) is 0.0588. The van der Waals surface area contributed by atoms with Gasteiger partial charge in [-0.15, -0.1) is 0 Å². The molecule has 0 aromatic heterocycles. The first kappa shape index (κ1) is 17.7. The SMILES string of the molecule is Cc1ccc(N/C=C(/C#N)C(=O)Nc2cc(Cl)ccc2Cl)c(N)c1. The molecule has 122 valence electrons. The number of hydrogen-bond acceptors (Lipinski definition) is 4. The molecule has 0 saturated heterocycles. The van der Waals surface area contributed by atoms with Gasteiger partial charge in [0.05, 0.1) is 22.1 Å². The van der Waals surface area contributed by atoms with Crippen LogP contribution < -0.4 is 16.4 Å². The van der Waals surface area contributed by atoms with Crippen molar-refractivity contribution >= 4 is 46.2 Å². The van der Waals surface area contributed by atoms with Crippen LogP contribution in [0.3, 0.4) is 0 Å². The van der Waals surface area contributed by atoms with Crippen molar-refractivity contribution in [2.24, 2.45) is 0 Å². The molecule has 2 aromatic rings. The van der Waals surface area contributed by atoms with Gasteiger partial charge in [-0.05, 0) is 42.8 Å².